The van der Waals surface area contributed by atoms with Crippen LogP contribution in [0.5, 0.6) is 0 Å². The molecule has 0 saturated carbocycles. The lowest BCUT2D eigenvalue weighted by Gasteiger charge is -2.21. The number of hydrogen-bond acceptors (Lipinski definition) is 15. The maximum atomic E-state index is 13.1. The summed E-state index contributed by atoms with van der Waals surface area (Å²) in [6.45, 7) is 7.29. The van der Waals surface area contributed by atoms with Crippen LogP contribution in [0.2, 0.25) is 0 Å². The molecule has 0 aliphatic rings. The lowest BCUT2D eigenvalue weighted by molar-refractivity contribution is -0.161. The average Bonchev–Trinajstić information content (AvgIpc) is 2.56. The molecule has 0 aliphatic carbocycles. The van der Waals surface area contributed by atoms with E-state index in [4.69, 9.17) is 37.0 Å². The fraction of sp³-hybridized carbons (Fsp3) is 0.947. The van der Waals surface area contributed by atoms with Crippen LogP contribution in [-0.4, -0.2) is 96.7 Å². The Morgan fingerprint density at radius 2 is 0.489 bits per heavy atom. The Morgan fingerprint density at radius 1 is 0.287 bits per heavy atom. The third-order valence-electron chi connectivity index (χ3n) is 17.5. The van der Waals surface area contributed by atoms with Crippen molar-refractivity contribution in [2.45, 2.75) is 412 Å². The van der Waals surface area contributed by atoms with Gasteiger partial charge in [-0.05, 0) is 31.6 Å². The van der Waals surface area contributed by atoms with Crippen LogP contribution in [0.4, 0.5) is 0 Å². The molecule has 0 aromatic rings. The number of carbonyl (C=O) groups excluding carboxylic acids is 4. The largest absolute Gasteiger partial charge is 0.472 e. The average molecular weight is 1380 g/mol. The smallest absolute Gasteiger partial charge is 0.462 e. The minimum atomic E-state index is -4.96. The summed E-state index contributed by atoms with van der Waals surface area (Å²) in [5.41, 5.74) is 0. The minimum absolute atomic E-state index is 0.108. The van der Waals surface area contributed by atoms with Crippen molar-refractivity contribution in [3.8, 4) is 0 Å². The second-order valence-electron chi connectivity index (χ2n) is 27.5. The number of phosphoric acid groups is 2. The van der Waals surface area contributed by atoms with Crippen LogP contribution in [0.1, 0.15) is 394 Å². The number of ether oxygens (including phenoxy) is 4. The molecule has 5 atom stereocenters. The molecule has 0 bridgehead atoms. The SMILES string of the molecule is CCCCCCCCCCCCCCCCCCCC(=O)O[C@H](COC(=O)CCCCCCCCCCCCCCC(C)C)COP(=O)(O)OC[C@@H](O)COP(=O)(O)OC[C@@H](COC(=O)CCCCCCCCCCC)OC(=O)CCCCCCCCCCCCCCC. The van der Waals surface area contributed by atoms with Crippen molar-refractivity contribution in [2.24, 2.45) is 5.92 Å². The van der Waals surface area contributed by atoms with Crippen LogP contribution >= 0.6 is 15.6 Å². The van der Waals surface area contributed by atoms with Gasteiger partial charge >= 0.3 is 39.5 Å². The predicted octanol–water partition coefficient (Wildman–Crippen LogP) is 22.1. The topological polar surface area (TPSA) is 237 Å². The second-order valence-corrected chi connectivity index (χ2v) is 30.4. The van der Waals surface area contributed by atoms with E-state index in [0.29, 0.717) is 25.7 Å². The predicted molar refractivity (Wildman–Crippen MR) is 382 cm³/mol. The molecule has 94 heavy (non-hydrogen) atoms. The molecule has 0 spiro atoms. The third-order valence-corrected chi connectivity index (χ3v) is 19.4. The Balaban J connectivity index is 5.23. The van der Waals surface area contributed by atoms with E-state index in [9.17, 15) is 43.2 Å². The third kappa shape index (κ3) is 68.6. The first-order valence-corrected chi connectivity index (χ1v) is 42.1. The molecule has 17 nitrogen and oxygen atoms in total. The van der Waals surface area contributed by atoms with Gasteiger partial charge in [0.2, 0.25) is 0 Å². The first-order valence-electron chi connectivity index (χ1n) is 39.1. The standard InChI is InChI=1S/C75H146O17P2/c1-6-9-12-15-18-21-23-25-26-27-28-30-36-41-46-51-56-61-75(80)92-71(65-86-73(78)59-54-49-44-39-34-32-31-33-38-42-47-52-57-68(4)5)67-90-94(83,84)88-63-69(76)62-87-93(81,82)89-66-70(64-85-72(77)58-53-48-43-37-20-17-14-11-8-3)91-74(79)60-55-50-45-40-35-29-24-22-19-16-13-10-7-2/h68-71,76H,6-67H2,1-5H3,(H,81,82)(H,83,84)/t69-,70+,71+/m0/s1. The lowest BCUT2D eigenvalue weighted by Crippen LogP contribution is -2.30. The summed E-state index contributed by atoms with van der Waals surface area (Å²) in [4.78, 5) is 72.7. The highest BCUT2D eigenvalue weighted by atomic mass is 31.2. The van der Waals surface area contributed by atoms with Crippen LogP contribution in [-0.2, 0) is 65.4 Å². The van der Waals surface area contributed by atoms with Gasteiger partial charge < -0.3 is 33.8 Å². The van der Waals surface area contributed by atoms with E-state index < -0.39 is 97.5 Å². The number of aliphatic hydroxyl groups is 1. The van der Waals surface area contributed by atoms with E-state index in [1.807, 2.05) is 0 Å². The molecule has 0 amide bonds. The molecule has 0 aliphatic heterocycles. The quantitative estimate of drug-likeness (QED) is 0.0222. The fourth-order valence-corrected chi connectivity index (χ4v) is 13.1. The minimum Gasteiger partial charge on any atom is -0.462 e. The van der Waals surface area contributed by atoms with E-state index in [0.717, 1.165) is 95.8 Å². The van der Waals surface area contributed by atoms with Crippen molar-refractivity contribution in [2.75, 3.05) is 39.6 Å². The normalized spacial score (nSPS) is 14.0. The number of phosphoric ester groups is 2. The Labute approximate surface area is 575 Å². The molecule has 0 heterocycles. The number of esters is 4. The summed E-state index contributed by atoms with van der Waals surface area (Å²) in [5.74, 6) is -1.33. The van der Waals surface area contributed by atoms with Gasteiger partial charge in [0.05, 0.1) is 26.4 Å². The number of unbranched alkanes of at least 4 members (excludes halogenated alkanes) is 47. The van der Waals surface area contributed by atoms with Crippen LogP contribution in [0, 0.1) is 5.92 Å². The van der Waals surface area contributed by atoms with Gasteiger partial charge in [-0.25, -0.2) is 9.13 Å². The van der Waals surface area contributed by atoms with Gasteiger partial charge in [-0.3, -0.25) is 37.3 Å². The van der Waals surface area contributed by atoms with Gasteiger partial charge in [-0.1, -0.05) is 343 Å². The first kappa shape index (κ1) is 92.1. The lowest BCUT2D eigenvalue weighted by atomic mass is 10.0. The van der Waals surface area contributed by atoms with Crippen molar-refractivity contribution >= 4 is 39.5 Å². The molecule has 2 unspecified atom stereocenters. The van der Waals surface area contributed by atoms with Crippen LogP contribution in [0.15, 0.2) is 0 Å². The van der Waals surface area contributed by atoms with Gasteiger partial charge in [0.1, 0.15) is 19.3 Å². The van der Waals surface area contributed by atoms with E-state index in [1.165, 1.54) is 218 Å². The summed E-state index contributed by atoms with van der Waals surface area (Å²) in [7, 11) is -9.91. The molecule has 0 fully saturated rings. The molecular formula is C75H146O17P2. The zero-order valence-corrected chi connectivity index (χ0v) is 62.9. The summed E-state index contributed by atoms with van der Waals surface area (Å²) < 4.78 is 68.5. The van der Waals surface area contributed by atoms with Gasteiger partial charge in [0.25, 0.3) is 0 Å². The van der Waals surface area contributed by atoms with Crippen molar-refractivity contribution in [3.05, 3.63) is 0 Å². The van der Waals surface area contributed by atoms with Crippen LogP contribution < -0.4 is 0 Å². The van der Waals surface area contributed by atoms with Gasteiger partial charge in [-0.15, -0.1) is 0 Å². The maximum Gasteiger partial charge on any atom is 0.472 e. The molecule has 0 aromatic carbocycles. The highest BCUT2D eigenvalue weighted by molar-refractivity contribution is 7.47. The van der Waals surface area contributed by atoms with E-state index in [-0.39, 0.29) is 25.7 Å². The summed E-state index contributed by atoms with van der Waals surface area (Å²) in [5, 5.41) is 10.6. The zero-order chi connectivity index (χ0) is 69.1. The van der Waals surface area contributed by atoms with Gasteiger partial charge in [-0.2, -0.15) is 0 Å². The molecule has 0 saturated heterocycles. The van der Waals surface area contributed by atoms with E-state index in [1.54, 1.807) is 0 Å². The number of rotatable bonds is 75. The Morgan fingerprint density at radius 3 is 0.723 bits per heavy atom. The Kier molecular flexibility index (Phi) is 66.8. The van der Waals surface area contributed by atoms with Crippen molar-refractivity contribution in [1.82, 2.24) is 0 Å². The summed E-state index contributed by atoms with van der Waals surface area (Å²) in [6.07, 6.45) is 56.7. The highest BCUT2D eigenvalue weighted by Gasteiger charge is 2.30. The molecule has 19 heteroatoms. The van der Waals surface area contributed by atoms with E-state index in [2.05, 4.69) is 34.6 Å². The van der Waals surface area contributed by atoms with Crippen molar-refractivity contribution in [3.63, 3.8) is 0 Å². The number of hydrogen-bond donors (Lipinski definition) is 3. The van der Waals surface area contributed by atoms with Crippen molar-refractivity contribution in [1.29, 1.82) is 0 Å². The number of carbonyl (C=O) groups is 4. The Bertz CT molecular complexity index is 1810. The molecule has 558 valence electrons. The fourth-order valence-electron chi connectivity index (χ4n) is 11.5. The molecular weight excluding hydrogens is 1230 g/mol. The van der Waals surface area contributed by atoms with Crippen LogP contribution in [0.25, 0.3) is 0 Å². The first-order chi connectivity index (χ1) is 45.5. The molecule has 0 radical (unpaired) electrons. The maximum absolute atomic E-state index is 13.1. The van der Waals surface area contributed by atoms with Gasteiger partial charge in [0, 0.05) is 25.7 Å². The molecule has 0 aromatic heterocycles. The Hall–Kier alpha value is -1.94. The van der Waals surface area contributed by atoms with Crippen molar-refractivity contribution < 1.29 is 80.2 Å². The highest BCUT2D eigenvalue weighted by Crippen LogP contribution is 2.45. The molecule has 0 rings (SSSR count). The monoisotopic (exact) mass is 1380 g/mol. The van der Waals surface area contributed by atoms with E-state index >= 15 is 0 Å². The zero-order valence-electron chi connectivity index (χ0n) is 61.1. The van der Waals surface area contributed by atoms with Gasteiger partial charge in [0.15, 0.2) is 12.2 Å². The van der Waals surface area contributed by atoms with Crippen LogP contribution in [0.3, 0.4) is 0 Å². The summed E-state index contributed by atoms with van der Waals surface area (Å²) in [6, 6.07) is 0. The summed E-state index contributed by atoms with van der Waals surface area (Å²) >= 11 is 0. The second kappa shape index (κ2) is 68.2. The number of aliphatic hydroxyl groups excluding tert-OH is 1. The molecule has 3 N–H and O–H groups in total.